The number of hydrogen-bond acceptors (Lipinski definition) is 2. The Hall–Kier alpha value is -2.28. The highest BCUT2D eigenvalue weighted by molar-refractivity contribution is 9.10. The van der Waals surface area contributed by atoms with Gasteiger partial charge in [0.15, 0.2) is 0 Å². The molecule has 1 fully saturated rings. The van der Waals surface area contributed by atoms with Crippen LogP contribution in [0.3, 0.4) is 0 Å². The SMILES string of the molecule is O=C(NCc1cccc(Br)c1)C1CCN(c2ccc(F)cc2F)C1=O. The normalized spacial score (nSPS) is 17.0. The second-order valence-corrected chi connectivity index (χ2v) is 6.69. The molecule has 1 saturated heterocycles. The number of nitrogens with zero attached hydrogens (tertiary/aromatic N) is 1. The summed E-state index contributed by atoms with van der Waals surface area (Å²) in [6.07, 6.45) is 0.292. The molecule has 2 aromatic rings. The van der Waals surface area contributed by atoms with Crippen LogP contribution in [0.2, 0.25) is 0 Å². The second-order valence-electron chi connectivity index (χ2n) is 5.77. The first-order valence-electron chi connectivity index (χ1n) is 7.74. The van der Waals surface area contributed by atoms with Gasteiger partial charge in [-0.15, -0.1) is 0 Å². The van der Waals surface area contributed by atoms with E-state index < -0.39 is 29.4 Å². The summed E-state index contributed by atoms with van der Waals surface area (Å²) in [5.41, 5.74) is 0.892. The molecule has 7 heteroatoms. The van der Waals surface area contributed by atoms with E-state index in [-0.39, 0.29) is 12.2 Å². The van der Waals surface area contributed by atoms with Gasteiger partial charge >= 0.3 is 0 Å². The van der Waals surface area contributed by atoms with Crippen molar-refractivity contribution in [1.82, 2.24) is 5.32 Å². The predicted octanol–water partition coefficient (Wildman–Crippen LogP) is 3.40. The first-order valence-corrected chi connectivity index (χ1v) is 8.53. The van der Waals surface area contributed by atoms with Crippen molar-refractivity contribution in [3.8, 4) is 0 Å². The average Bonchev–Trinajstić information content (AvgIpc) is 2.94. The fourth-order valence-electron chi connectivity index (χ4n) is 2.82. The van der Waals surface area contributed by atoms with Crippen molar-refractivity contribution in [3.05, 3.63) is 64.1 Å². The van der Waals surface area contributed by atoms with Crippen LogP contribution < -0.4 is 10.2 Å². The highest BCUT2D eigenvalue weighted by atomic mass is 79.9. The van der Waals surface area contributed by atoms with Crippen LogP contribution in [0, 0.1) is 17.6 Å². The molecule has 0 aliphatic carbocycles. The molecule has 1 aliphatic rings. The fourth-order valence-corrected chi connectivity index (χ4v) is 3.27. The number of hydrogen-bond donors (Lipinski definition) is 1. The van der Waals surface area contributed by atoms with Crippen molar-refractivity contribution >= 4 is 33.4 Å². The van der Waals surface area contributed by atoms with Crippen LogP contribution in [0.15, 0.2) is 46.9 Å². The van der Waals surface area contributed by atoms with Crippen LogP contribution in [-0.4, -0.2) is 18.4 Å². The lowest BCUT2D eigenvalue weighted by Crippen LogP contribution is -2.36. The van der Waals surface area contributed by atoms with Crippen molar-refractivity contribution in [3.63, 3.8) is 0 Å². The van der Waals surface area contributed by atoms with Crippen molar-refractivity contribution in [2.24, 2.45) is 5.92 Å². The number of benzene rings is 2. The number of carbonyl (C=O) groups excluding carboxylic acids is 2. The van der Waals surface area contributed by atoms with Gasteiger partial charge in [0.05, 0.1) is 5.69 Å². The summed E-state index contributed by atoms with van der Waals surface area (Å²) in [7, 11) is 0. The Balaban J connectivity index is 1.66. The van der Waals surface area contributed by atoms with Gasteiger partial charge in [0, 0.05) is 23.6 Å². The maximum absolute atomic E-state index is 13.9. The summed E-state index contributed by atoms with van der Waals surface area (Å²) in [4.78, 5) is 25.9. The Kier molecular flexibility index (Phi) is 5.13. The summed E-state index contributed by atoms with van der Waals surface area (Å²) in [6, 6.07) is 10.5. The molecule has 0 radical (unpaired) electrons. The van der Waals surface area contributed by atoms with Crippen LogP contribution in [0.1, 0.15) is 12.0 Å². The minimum atomic E-state index is -0.864. The number of nitrogens with one attached hydrogen (secondary N) is 1. The molecule has 2 amide bonds. The Morgan fingerprint density at radius 2 is 2.04 bits per heavy atom. The molecule has 0 bridgehead atoms. The molecule has 0 spiro atoms. The fraction of sp³-hybridized carbons (Fsp3) is 0.222. The summed E-state index contributed by atoms with van der Waals surface area (Å²) in [5.74, 6) is -3.26. The van der Waals surface area contributed by atoms with Gasteiger partial charge in [0.1, 0.15) is 17.6 Å². The molecule has 4 nitrogen and oxygen atoms in total. The number of halogens is 3. The smallest absolute Gasteiger partial charge is 0.239 e. The maximum atomic E-state index is 13.9. The van der Waals surface area contributed by atoms with Crippen molar-refractivity contribution in [2.75, 3.05) is 11.4 Å². The summed E-state index contributed by atoms with van der Waals surface area (Å²) in [5, 5.41) is 2.73. The standard InChI is InChI=1S/C18H15BrF2N2O2/c19-12-3-1-2-11(8-12)10-22-17(24)14-6-7-23(18(14)25)16-5-4-13(20)9-15(16)21/h1-5,8-9,14H,6-7,10H2,(H,22,24). The van der Waals surface area contributed by atoms with E-state index in [1.807, 2.05) is 24.3 Å². The van der Waals surface area contributed by atoms with Gasteiger partial charge in [-0.25, -0.2) is 8.78 Å². The van der Waals surface area contributed by atoms with Gasteiger partial charge in [-0.05, 0) is 36.2 Å². The summed E-state index contributed by atoms with van der Waals surface area (Å²) >= 11 is 3.35. The van der Waals surface area contributed by atoms with Crippen LogP contribution in [0.25, 0.3) is 0 Å². The van der Waals surface area contributed by atoms with E-state index >= 15 is 0 Å². The summed E-state index contributed by atoms with van der Waals surface area (Å²) < 4.78 is 27.8. The Morgan fingerprint density at radius 1 is 1.24 bits per heavy atom. The van der Waals surface area contributed by atoms with E-state index in [4.69, 9.17) is 0 Å². The quantitative estimate of drug-likeness (QED) is 0.788. The van der Waals surface area contributed by atoms with Crippen LogP contribution in [0.4, 0.5) is 14.5 Å². The van der Waals surface area contributed by atoms with E-state index in [0.717, 1.165) is 22.2 Å². The first-order chi connectivity index (χ1) is 12.0. The Morgan fingerprint density at radius 3 is 2.76 bits per heavy atom. The number of rotatable bonds is 4. The molecule has 0 aromatic heterocycles. The van der Waals surface area contributed by atoms with Crippen molar-refractivity contribution in [1.29, 1.82) is 0 Å². The highest BCUT2D eigenvalue weighted by Gasteiger charge is 2.38. The highest BCUT2D eigenvalue weighted by Crippen LogP contribution is 2.28. The predicted molar refractivity (Wildman–Crippen MR) is 92.8 cm³/mol. The molecule has 2 aromatic carbocycles. The monoisotopic (exact) mass is 408 g/mol. The van der Waals surface area contributed by atoms with E-state index in [1.165, 1.54) is 11.0 Å². The molecule has 130 valence electrons. The van der Waals surface area contributed by atoms with E-state index in [9.17, 15) is 18.4 Å². The molecule has 1 heterocycles. The number of anilines is 1. The number of amides is 2. The zero-order valence-electron chi connectivity index (χ0n) is 13.1. The molecular formula is C18H15BrF2N2O2. The topological polar surface area (TPSA) is 49.4 Å². The minimum Gasteiger partial charge on any atom is -0.351 e. The van der Waals surface area contributed by atoms with Crippen LogP contribution in [-0.2, 0) is 16.1 Å². The lowest BCUT2D eigenvalue weighted by molar-refractivity contribution is -0.132. The molecule has 1 N–H and O–H groups in total. The summed E-state index contributed by atoms with van der Waals surface area (Å²) in [6.45, 7) is 0.517. The van der Waals surface area contributed by atoms with Crippen molar-refractivity contribution in [2.45, 2.75) is 13.0 Å². The Labute approximate surface area is 152 Å². The van der Waals surface area contributed by atoms with Crippen LogP contribution in [0.5, 0.6) is 0 Å². The molecule has 25 heavy (non-hydrogen) atoms. The maximum Gasteiger partial charge on any atom is 0.239 e. The molecular weight excluding hydrogens is 394 g/mol. The molecule has 0 saturated carbocycles. The van der Waals surface area contributed by atoms with Gasteiger partial charge in [-0.1, -0.05) is 28.1 Å². The minimum absolute atomic E-state index is 0.00584. The molecule has 1 aliphatic heterocycles. The van der Waals surface area contributed by atoms with Crippen molar-refractivity contribution < 1.29 is 18.4 Å². The largest absolute Gasteiger partial charge is 0.351 e. The Bertz CT molecular complexity index is 828. The van der Waals surface area contributed by atoms with E-state index in [0.29, 0.717) is 13.0 Å². The van der Waals surface area contributed by atoms with Gasteiger partial charge in [0.2, 0.25) is 11.8 Å². The van der Waals surface area contributed by atoms with Gasteiger partial charge < -0.3 is 10.2 Å². The van der Waals surface area contributed by atoms with E-state index in [1.54, 1.807) is 0 Å². The second kappa shape index (κ2) is 7.31. The van der Waals surface area contributed by atoms with Gasteiger partial charge in [0.25, 0.3) is 0 Å². The third kappa shape index (κ3) is 3.87. The first kappa shape index (κ1) is 17.5. The average molecular weight is 409 g/mol. The number of carbonyl (C=O) groups is 2. The lowest BCUT2D eigenvalue weighted by Gasteiger charge is -2.17. The third-order valence-corrected chi connectivity index (χ3v) is 4.57. The third-order valence-electron chi connectivity index (χ3n) is 4.08. The van der Waals surface area contributed by atoms with E-state index in [2.05, 4.69) is 21.2 Å². The van der Waals surface area contributed by atoms with Crippen LogP contribution >= 0.6 is 15.9 Å². The zero-order chi connectivity index (χ0) is 18.0. The molecule has 1 atom stereocenters. The lowest BCUT2D eigenvalue weighted by atomic mass is 10.1. The molecule has 3 rings (SSSR count). The van der Waals surface area contributed by atoms with Gasteiger partial charge in [-0.3, -0.25) is 9.59 Å². The van der Waals surface area contributed by atoms with Gasteiger partial charge in [-0.2, -0.15) is 0 Å². The molecule has 1 unspecified atom stereocenters. The zero-order valence-corrected chi connectivity index (χ0v) is 14.7.